The van der Waals surface area contributed by atoms with Crippen molar-refractivity contribution in [3.05, 3.63) is 35.9 Å². The van der Waals surface area contributed by atoms with Crippen LogP contribution in [0.4, 0.5) is 0 Å². The Labute approximate surface area is 79.8 Å². The van der Waals surface area contributed by atoms with E-state index >= 15 is 0 Å². The van der Waals surface area contributed by atoms with Gasteiger partial charge in [0.2, 0.25) is 0 Å². The molecule has 13 heavy (non-hydrogen) atoms. The van der Waals surface area contributed by atoms with Crippen molar-refractivity contribution in [1.29, 1.82) is 0 Å². The van der Waals surface area contributed by atoms with E-state index in [4.69, 9.17) is 8.85 Å². The van der Waals surface area contributed by atoms with Crippen molar-refractivity contribution >= 4 is 9.28 Å². The lowest BCUT2D eigenvalue weighted by molar-refractivity contribution is 0.167. The fourth-order valence-corrected chi connectivity index (χ4v) is 2.41. The Bertz CT molecular complexity index is 236. The number of aliphatic hydroxyl groups is 1. The van der Waals surface area contributed by atoms with Crippen LogP contribution in [0.1, 0.15) is 11.3 Å². The summed E-state index contributed by atoms with van der Waals surface area (Å²) in [6, 6.07) is 9.41. The predicted molar refractivity (Wildman–Crippen MR) is 52.6 cm³/mol. The topological polar surface area (TPSA) is 38.7 Å². The fourth-order valence-electron chi connectivity index (χ4n) is 1.16. The fraction of sp³-hybridized carbons (Fsp3) is 0.333. The van der Waals surface area contributed by atoms with Crippen LogP contribution in [0.5, 0.6) is 0 Å². The number of benzene rings is 1. The maximum absolute atomic E-state index is 9.79. The van der Waals surface area contributed by atoms with E-state index in [-0.39, 0.29) is 0 Å². The van der Waals surface area contributed by atoms with Crippen molar-refractivity contribution in [3.63, 3.8) is 0 Å². The summed E-state index contributed by atoms with van der Waals surface area (Å²) in [4.78, 5) is 0. The van der Waals surface area contributed by atoms with Gasteiger partial charge >= 0.3 is 9.28 Å². The smallest absolute Gasteiger partial charge is 0.355 e. The molecule has 0 saturated carbocycles. The molecule has 3 nitrogen and oxygen atoms in total. The molecule has 0 aliphatic carbocycles. The van der Waals surface area contributed by atoms with Crippen molar-refractivity contribution in [3.8, 4) is 0 Å². The second-order valence-corrected chi connectivity index (χ2v) is 5.01. The molecule has 0 bridgehead atoms. The first-order valence-corrected chi connectivity index (χ1v) is 5.69. The summed E-state index contributed by atoms with van der Waals surface area (Å²) in [7, 11) is 1.17. The minimum Gasteiger partial charge on any atom is -0.398 e. The van der Waals surface area contributed by atoms with Gasteiger partial charge in [-0.2, -0.15) is 0 Å². The average molecular weight is 198 g/mol. The molecule has 0 aromatic heterocycles. The first-order chi connectivity index (χ1) is 6.29. The average Bonchev–Trinajstić information content (AvgIpc) is 2.21. The Morgan fingerprint density at radius 2 is 1.69 bits per heavy atom. The molecule has 0 radical (unpaired) electrons. The summed E-state index contributed by atoms with van der Waals surface area (Å²) in [6.07, 6.45) is 0. The second-order valence-electron chi connectivity index (χ2n) is 2.70. The number of rotatable bonds is 4. The van der Waals surface area contributed by atoms with E-state index in [1.54, 1.807) is 14.2 Å². The SMILES string of the molecule is CO[SiH](OC)C(O)c1ccccc1. The van der Waals surface area contributed by atoms with Crippen LogP contribution in [-0.2, 0) is 8.85 Å². The normalized spacial score (nSPS) is 13.2. The Morgan fingerprint density at radius 1 is 1.15 bits per heavy atom. The molecular formula is C9H14O3Si. The minimum absolute atomic E-state index is 0.601. The van der Waals surface area contributed by atoms with Gasteiger partial charge in [-0.25, -0.2) is 0 Å². The van der Waals surface area contributed by atoms with E-state index in [2.05, 4.69) is 0 Å². The van der Waals surface area contributed by atoms with Crippen LogP contribution in [0.15, 0.2) is 30.3 Å². The Balaban J connectivity index is 2.72. The van der Waals surface area contributed by atoms with Gasteiger partial charge in [0.15, 0.2) is 0 Å². The third-order valence-electron chi connectivity index (χ3n) is 1.86. The summed E-state index contributed by atoms with van der Waals surface area (Å²) in [5.41, 5.74) is 0.249. The standard InChI is InChI=1S/C9H14O3Si/c1-11-13(12-2)9(10)8-6-4-3-5-7-8/h3-7,9-10,13H,1-2H3. The summed E-state index contributed by atoms with van der Waals surface area (Å²) in [6.45, 7) is 0. The van der Waals surface area contributed by atoms with E-state index in [1.165, 1.54) is 0 Å². The van der Waals surface area contributed by atoms with Gasteiger partial charge in [0, 0.05) is 14.2 Å². The maximum Gasteiger partial charge on any atom is 0.355 e. The number of aliphatic hydroxyl groups excluding tert-OH is 1. The Morgan fingerprint density at radius 3 is 2.15 bits per heavy atom. The van der Waals surface area contributed by atoms with Gasteiger partial charge in [0.1, 0.15) is 5.73 Å². The van der Waals surface area contributed by atoms with Gasteiger partial charge in [-0.05, 0) is 5.56 Å². The van der Waals surface area contributed by atoms with Gasteiger partial charge in [-0.1, -0.05) is 30.3 Å². The monoisotopic (exact) mass is 198 g/mol. The highest BCUT2D eigenvalue weighted by molar-refractivity contribution is 6.45. The predicted octanol–water partition coefficient (Wildman–Crippen LogP) is 0.772. The largest absolute Gasteiger partial charge is 0.398 e. The molecule has 1 N–H and O–H groups in total. The molecule has 0 aliphatic heterocycles. The summed E-state index contributed by atoms with van der Waals surface area (Å²) < 4.78 is 10.2. The zero-order chi connectivity index (χ0) is 9.68. The second kappa shape index (κ2) is 5.13. The van der Waals surface area contributed by atoms with E-state index in [9.17, 15) is 5.11 Å². The molecule has 0 fully saturated rings. The van der Waals surface area contributed by atoms with Crippen molar-refractivity contribution in [2.75, 3.05) is 14.2 Å². The van der Waals surface area contributed by atoms with Crippen molar-refractivity contribution in [2.24, 2.45) is 0 Å². The van der Waals surface area contributed by atoms with E-state index in [0.717, 1.165) is 5.56 Å². The molecule has 0 heterocycles. The minimum atomic E-state index is -1.96. The third-order valence-corrected chi connectivity index (χ3v) is 3.69. The molecule has 0 amide bonds. The van der Waals surface area contributed by atoms with Crippen LogP contribution < -0.4 is 0 Å². The summed E-state index contributed by atoms with van der Waals surface area (Å²) in [5.74, 6) is 0. The van der Waals surface area contributed by atoms with Gasteiger partial charge in [-0.3, -0.25) is 0 Å². The van der Waals surface area contributed by atoms with Gasteiger partial charge in [0.25, 0.3) is 0 Å². The molecule has 1 aromatic rings. The Kier molecular flexibility index (Phi) is 4.11. The van der Waals surface area contributed by atoms with Crippen LogP contribution in [0.2, 0.25) is 0 Å². The van der Waals surface area contributed by atoms with Crippen LogP contribution >= 0.6 is 0 Å². The first kappa shape index (κ1) is 10.4. The molecule has 1 aromatic carbocycles. The molecular weight excluding hydrogens is 184 g/mol. The lowest BCUT2D eigenvalue weighted by Crippen LogP contribution is -2.28. The number of hydrogen-bond donors (Lipinski definition) is 1. The quantitative estimate of drug-likeness (QED) is 0.726. The molecule has 0 aliphatic rings. The summed E-state index contributed by atoms with van der Waals surface area (Å²) in [5, 5.41) is 9.79. The molecule has 72 valence electrons. The van der Waals surface area contributed by atoms with E-state index in [1.807, 2.05) is 30.3 Å². The zero-order valence-corrected chi connectivity index (χ0v) is 8.96. The lowest BCUT2D eigenvalue weighted by atomic mass is 10.2. The van der Waals surface area contributed by atoms with Crippen LogP contribution in [0, 0.1) is 0 Å². The molecule has 1 unspecified atom stereocenters. The van der Waals surface area contributed by atoms with E-state index in [0.29, 0.717) is 0 Å². The molecule has 1 rings (SSSR count). The summed E-state index contributed by atoms with van der Waals surface area (Å²) >= 11 is 0. The van der Waals surface area contributed by atoms with Crippen LogP contribution in [-0.4, -0.2) is 28.6 Å². The molecule has 0 spiro atoms. The van der Waals surface area contributed by atoms with Crippen molar-refractivity contribution in [1.82, 2.24) is 0 Å². The first-order valence-electron chi connectivity index (χ1n) is 4.08. The van der Waals surface area contributed by atoms with E-state index < -0.39 is 15.0 Å². The molecule has 1 atom stereocenters. The lowest BCUT2D eigenvalue weighted by Gasteiger charge is -2.17. The van der Waals surface area contributed by atoms with Gasteiger partial charge < -0.3 is 14.0 Å². The number of hydrogen-bond acceptors (Lipinski definition) is 3. The molecule has 0 saturated heterocycles. The van der Waals surface area contributed by atoms with Crippen LogP contribution in [0.25, 0.3) is 0 Å². The van der Waals surface area contributed by atoms with Gasteiger partial charge in [-0.15, -0.1) is 0 Å². The maximum atomic E-state index is 9.79. The zero-order valence-electron chi connectivity index (χ0n) is 7.81. The van der Waals surface area contributed by atoms with Crippen molar-refractivity contribution < 1.29 is 14.0 Å². The third kappa shape index (κ3) is 2.63. The Hall–Kier alpha value is -0.683. The highest BCUT2D eigenvalue weighted by atomic mass is 28.3. The van der Waals surface area contributed by atoms with Crippen LogP contribution in [0.3, 0.4) is 0 Å². The molecule has 4 heteroatoms. The van der Waals surface area contributed by atoms with Crippen molar-refractivity contribution in [2.45, 2.75) is 5.73 Å². The highest BCUT2D eigenvalue weighted by Gasteiger charge is 2.23. The highest BCUT2D eigenvalue weighted by Crippen LogP contribution is 2.15. The van der Waals surface area contributed by atoms with Gasteiger partial charge in [0.05, 0.1) is 0 Å².